The normalized spacial score (nSPS) is 11.4. The molecule has 0 fully saturated rings. The highest BCUT2D eigenvalue weighted by Gasteiger charge is 2.40. The van der Waals surface area contributed by atoms with Crippen molar-refractivity contribution in [3.05, 3.63) is 28.2 Å². The molecule has 0 saturated carbocycles. The van der Waals surface area contributed by atoms with Gasteiger partial charge in [0.25, 0.3) is 0 Å². The van der Waals surface area contributed by atoms with Crippen LogP contribution in [0.25, 0.3) is 0 Å². The van der Waals surface area contributed by atoms with Crippen molar-refractivity contribution in [2.75, 3.05) is 6.61 Å². The van der Waals surface area contributed by atoms with Crippen molar-refractivity contribution in [3.63, 3.8) is 0 Å². The highest BCUT2D eigenvalue weighted by Crippen LogP contribution is 2.30. The maximum absolute atomic E-state index is 12.5. The zero-order valence-corrected chi connectivity index (χ0v) is 21.5. The number of hydrogen-bond donors (Lipinski definition) is 0. The van der Waals surface area contributed by atoms with Gasteiger partial charge in [-0.3, -0.25) is 9.59 Å². The van der Waals surface area contributed by atoms with E-state index in [1.165, 1.54) is 90.2 Å². The highest BCUT2D eigenvalue weighted by atomic mass is 35.5. The molecule has 182 valence electrons. The molecule has 4 nitrogen and oxygen atoms in total. The molecule has 32 heavy (non-hydrogen) atoms. The molecule has 0 saturated heterocycles. The van der Waals surface area contributed by atoms with E-state index < -0.39 is 17.4 Å². The molecule has 0 heterocycles. The van der Waals surface area contributed by atoms with Gasteiger partial charge in [-0.15, -0.1) is 0 Å². The summed E-state index contributed by atoms with van der Waals surface area (Å²) in [5.41, 5.74) is -1.43. The number of unbranched alkanes of at least 4 members (excludes halogenated alkanes) is 12. The molecule has 0 aliphatic rings. The lowest BCUT2D eigenvalue weighted by Crippen LogP contribution is -2.38. The van der Waals surface area contributed by atoms with E-state index >= 15 is 0 Å². The van der Waals surface area contributed by atoms with E-state index in [0.717, 1.165) is 19.3 Å². The molecule has 0 amide bonds. The third-order valence-corrected chi connectivity index (χ3v) is 6.14. The number of hydrogen-bond acceptors (Lipinski definition) is 4. The molecule has 0 radical (unpaired) electrons. The molecular weight excluding hydrogens is 447 g/mol. The number of rotatable bonds is 17. The van der Waals surface area contributed by atoms with Crippen LogP contribution in [-0.4, -0.2) is 18.5 Å². The van der Waals surface area contributed by atoms with E-state index in [2.05, 4.69) is 6.92 Å². The molecule has 0 atom stereocenters. The van der Waals surface area contributed by atoms with Crippen LogP contribution in [0.3, 0.4) is 0 Å². The Hall–Kier alpha value is -1.26. The van der Waals surface area contributed by atoms with Gasteiger partial charge in [-0.25, -0.2) is 0 Å². The second-order valence-electron chi connectivity index (χ2n) is 8.97. The van der Waals surface area contributed by atoms with Crippen LogP contribution >= 0.6 is 23.2 Å². The van der Waals surface area contributed by atoms with Crippen LogP contribution in [0.2, 0.25) is 10.0 Å². The molecule has 0 aliphatic heterocycles. The summed E-state index contributed by atoms with van der Waals surface area (Å²) in [6, 6.07) is 4.57. The van der Waals surface area contributed by atoms with Gasteiger partial charge < -0.3 is 9.47 Å². The van der Waals surface area contributed by atoms with E-state index in [1.807, 2.05) is 0 Å². The van der Waals surface area contributed by atoms with Gasteiger partial charge in [-0.1, -0.05) is 107 Å². The minimum atomic E-state index is -1.43. The SMILES string of the molecule is CCCCCCCCCCCCCCCOC(=O)C(C)(C)C(=O)Oc1cc(Cl)ccc1Cl. The van der Waals surface area contributed by atoms with Crippen molar-refractivity contribution in [2.24, 2.45) is 5.41 Å². The molecule has 1 aromatic carbocycles. The minimum Gasteiger partial charge on any atom is -0.465 e. The first-order valence-electron chi connectivity index (χ1n) is 12.1. The molecular formula is C26H40Cl2O4. The Bertz CT molecular complexity index is 688. The predicted molar refractivity (Wildman–Crippen MR) is 133 cm³/mol. The van der Waals surface area contributed by atoms with E-state index in [9.17, 15) is 9.59 Å². The smallest absolute Gasteiger partial charge is 0.328 e. The average molecular weight is 488 g/mol. The Balaban J connectivity index is 2.12. The van der Waals surface area contributed by atoms with Gasteiger partial charge in [0.1, 0.15) is 0 Å². The second-order valence-corrected chi connectivity index (χ2v) is 9.81. The topological polar surface area (TPSA) is 52.6 Å². The lowest BCUT2D eigenvalue weighted by atomic mass is 9.94. The fraction of sp³-hybridized carbons (Fsp3) is 0.692. The third-order valence-electron chi connectivity index (χ3n) is 5.60. The lowest BCUT2D eigenvalue weighted by molar-refractivity contribution is -0.164. The Morgan fingerprint density at radius 1 is 0.781 bits per heavy atom. The van der Waals surface area contributed by atoms with Crippen LogP contribution < -0.4 is 4.74 Å². The Kier molecular flexibility index (Phi) is 14.7. The maximum atomic E-state index is 12.5. The largest absolute Gasteiger partial charge is 0.465 e. The summed E-state index contributed by atoms with van der Waals surface area (Å²) in [6.07, 6.45) is 16.3. The molecule has 1 aromatic rings. The standard InChI is InChI=1S/C26H40Cl2O4/c1-4-5-6-7-8-9-10-11-12-13-14-15-16-19-31-24(29)26(2,3)25(30)32-23-20-21(27)17-18-22(23)28/h17-18,20H,4-16,19H2,1-3H3. The molecule has 0 aliphatic carbocycles. The summed E-state index contributed by atoms with van der Waals surface area (Å²) in [4.78, 5) is 24.8. The third kappa shape index (κ3) is 11.6. The summed E-state index contributed by atoms with van der Waals surface area (Å²) < 4.78 is 10.6. The molecule has 6 heteroatoms. The minimum absolute atomic E-state index is 0.126. The van der Waals surface area contributed by atoms with Gasteiger partial charge in [-0.05, 0) is 32.4 Å². The summed E-state index contributed by atoms with van der Waals surface area (Å²) in [6.45, 7) is 5.53. The summed E-state index contributed by atoms with van der Waals surface area (Å²) in [5, 5.41) is 0.638. The lowest BCUT2D eigenvalue weighted by Gasteiger charge is -2.21. The van der Waals surface area contributed by atoms with Crippen molar-refractivity contribution in [3.8, 4) is 5.75 Å². The summed E-state index contributed by atoms with van der Waals surface area (Å²) in [7, 11) is 0. The number of carbonyl (C=O) groups excluding carboxylic acids is 2. The Morgan fingerprint density at radius 3 is 1.81 bits per heavy atom. The van der Waals surface area contributed by atoms with Gasteiger partial charge in [-0.2, -0.15) is 0 Å². The van der Waals surface area contributed by atoms with Gasteiger partial charge in [0.15, 0.2) is 11.2 Å². The number of halogens is 2. The molecule has 0 N–H and O–H groups in total. The number of benzene rings is 1. The predicted octanol–water partition coefficient (Wildman–Crippen LogP) is 8.56. The van der Waals surface area contributed by atoms with E-state index in [4.69, 9.17) is 32.7 Å². The molecule has 0 bridgehead atoms. The van der Waals surface area contributed by atoms with Crippen LogP contribution in [0.15, 0.2) is 18.2 Å². The molecule has 1 rings (SSSR count). The zero-order valence-electron chi connectivity index (χ0n) is 20.0. The first-order valence-corrected chi connectivity index (χ1v) is 12.9. The highest BCUT2D eigenvalue weighted by molar-refractivity contribution is 6.34. The zero-order chi connectivity index (χ0) is 23.8. The van der Waals surface area contributed by atoms with Crippen molar-refractivity contribution >= 4 is 35.1 Å². The van der Waals surface area contributed by atoms with Gasteiger partial charge >= 0.3 is 11.9 Å². The van der Waals surface area contributed by atoms with Crippen molar-refractivity contribution in [1.29, 1.82) is 0 Å². The van der Waals surface area contributed by atoms with E-state index in [-0.39, 0.29) is 10.8 Å². The van der Waals surface area contributed by atoms with E-state index in [1.54, 1.807) is 6.07 Å². The van der Waals surface area contributed by atoms with Crippen molar-refractivity contribution in [1.82, 2.24) is 0 Å². The van der Waals surface area contributed by atoms with Gasteiger partial charge in [0.2, 0.25) is 0 Å². The maximum Gasteiger partial charge on any atom is 0.328 e. The Labute approximate surface area is 204 Å². The van der Waals surface area contributed by atoms with Crippen molar-refractivity contribution in [2.45, 2.75) is 104 Å². The Morgan fingerprint density at radius 2 is 1.28 bits per heavy atom. The number of ether oxygens (including phenoxy) is 2. The fourth-order valence-corrected chi connectivity index (χ4v) is 3.65. The van der Waals surface area contributed by atoms with Crippen LogP contribution in [-0.2, 0) is 14.3 Å². The average Bonchev–Trinajstić information content (AvgIpc) is 2.76. The first-order chi connectivity index (χ1) is 15.3. The molecule has 0 spiro atoms. The van der Waals surface area contributed by atoms with Crippen molar-refractivity contribution < 1.29 is 19.1 Å². The molecule has 0 aromatic heterocycles. The quantitative estimate of drug-likeness (QED) is 0.0956. The fourth-order valence-electron chi connectivity index (χ4n) is 3.33. The van der Waals surface area contributed by atoms with Crippen LogP contribution in [0.1, 0.15) is 104 Å². The second kappa shape index (κ2) is 16.4. The van der Waals surface area contributed by atoms with E-state index in [0.29, 0.717) is 11.6 Å². The van der Waals surface area contributed by atoms with Gasteiger partial charge in [0.05, 0.1) is 11.6 Å². The number of esters is 2. The van der Waals surface area contributed by atoms with Crippen LogP contribution in [0.5, 0.6) is 5.75 Å². The monoisotopic (exact) mass is 486 g/mol. The van der Waals surface area contributed by atoms with Crippen LogP contribution in [0.4, 0.5) is 0 Å². The van der Waals surface area contributed by atoms with Gasteiger partial charge in [0, 0.05) is 11.1 Å². The first kappa shape index (κ1) is 28.8. The number of carbonyl (C=O) groups is 2. The summed E-state index contributed by atoms with van der Waals surface area (Å²) >= 11 is 11.9. The molecule has 0 unspecified atom stereocenters. The summed E-state index contributed by atoms with van der Waals surface area (Å²) in [5.74, 6) is -1.20. The van der Waals surface area contributed by atoms with Crippen LogP contribution in [0, 0.1) is 5.41 Å².